The van der Waals surface area contributed by atoms with Crippen molar-refractivity contribution in [1.82, 2.24) is 10.2 Å². The predicted molar refractivity (Wildman–Crippen MR) is 120 cm³/mol. The molecule has 0 radical (unpaired) electrons. The van der Waals surface area contributed by atoms with E-state index < -0.39 is 0 Å². The van der Waals surface area contributed by atoms with E-state index in [0.717, 1.165) is 11.3 Å². The normalized spacial score (nSPS) is 14.6. The van der Waals surface area contributed by atoms with Gasteiger partial charge < -0.3 is 20.3 Å². The molecule has 2 amide bonds. The van der Waals surface area contributed by atoms with Gasteiger partial charge in [-0.3, -0.25) is 0 Å². The molecule has 0 bridgehead atoms. The van der Waals surface area contributed by atoms with Gasteiger partial charge in [0.25, 0.3) is 0 Å². The first kappa shape index (κ1) is 21.2. The van der Waals surface area contributed by atoms with Crippen LogP contribution in [0, 0.1) is 5.82 Å². The number of ether oxygens (including phenoxy) is 1. The molecule has 1 aliphatic rings. The van der Waals surface area contributed by atoms with Gasteiger partial charge in [-0.25, -0.2) is 9.18 Å². The van der Waals surface area contributed by atoms with Crippen molar-refractivity contribution in [3.63, 3.8) is 0 Å². The standard InChI is InChI=1S/C24H23ClFN3O2/c1-16(22-12-7-17(26)13-23(22)25)27-19-14-29(15-19)24(30)28-18-8-10-21(11-9-18)31-20-5-3-2-4-6-20/h2-13,16,19,27H,14-15H2,1H3,(H,28,30). The second-order valence-electron chi connectivity index (χ2n) is 7.53. The molecule has 0 aromatic heterocycles. The monoisotopic (exact) mass is 439 g/mol. The molecule has 31 heavy (non-hydrogen) atoms. The van der Waals surface area contributed by atoms with Crippen molar-refractivity contribution in [1.29, 1.82) is 0 Å². The largest absolute Gasteiger partial charge is 0.457 e. The number of rotatable bonds is 6. The number of hydrogen-bond donors (Lipinski definition) is 2. The quantitative estimate of drug-likeness (QED) is 0.507. The number of urea groups is 1. The molecule has 2 N–H and O–H groups in total. The van der Waals surface area contributed by atoms with Crippen LogP contribution in [-0.4, -0.2) is 30.1 Å². The van der Waals surface area contributed by atoms with Crippen molar-refractivity contribution < 1.29 is 13.9 Å². The number of para-hydroxylation sites is 1. The minimum absolute atomic E-state index is 0.0412. The van der Waals surface area contributed by atoms with Crippen LogP contribution in [0.25, 0.3) is 0 Å². The Morgan fingerprint density at radius 2 is 1.74 bits per heavy atom. The summed E-state index contributed by atoms with van der Waals surface area (Å²) in [5.41, 5.74) is 1.54. The van der Waals surface area contributed by atoms with Crippen LogP contribution in [0.3, 0.4) is 0 Å². The van der Waals surface area contributed by atoms with Crippen molar-refractivity contribution in [2.24, 2.45) is 0 Å². The minimum Gasteiger partial charge on any atom is -0.457 e. The Hall–Kier alpha value is -3.09. The number of benzene rings is 3. The number of carbonyl (C=O) groups is 1. The van der Waals surface area contributed by atoms with E-state index in [1.54, 1.807) is 11.0 Å². The molecule has 0 saturated carbocycles. The van der Waals surface area contributed by atoms with Gasteiger partial charge >= 0.3 is 6.03 Å². The van der Waals surface area contributed by atoms with Gasteiger partial charge in [-0.1, -0.05) is 35.9 Å². The summed E-state index contributed by atoms with van der Waals surface area (Å²) in [4.78, 5) is 14.2. The SMILES string of the molecule is CC(NC1CN(C(=O)Nc2ccc(Oc3ccccc3)cc2)C1)c1ccc(F)cc1Cl. The number of nitrogens with zero attached hydrogens (tertiary/aromatic N) is 1. The predicted octanol–water partition coefficient (Wildman–Crippen LogP) is 5.84. The zero-order valence-corrected chi connectivity index (χ0v) is 17.8. The molecule has 160 valence electrons. The van der Waals surface area contributed by atoms with Crippen LogP contribution in [0.4, 0.5) is 14.9 Å². The third kappa shape index (κ3) is 5.34. The number of nitrogens with one attached hydrogen (secondary N) is 2. The third-order valence-electron chi connectivity index (χ3n) is 5.17. The number of anilines is 1. The molecule has 3 aromatic carbocycles. The van der Waals surface area contributed by atoms with Gasteiger partial charge in [0.2, 0.25) is 0 Å². The van der Waals surface area contributed by atoms with Crippen LogP contribution in [0.5, 0.6) is 11.5 Å². The van der Waals surface area contributed by atoms with Crippen molar-refractivity contribution in [2.45, 2.75) is 19.0 Å². The van der Waals surface area contributed by atoms with E-state index in [4.69, 9.17) is 16.3 Å². The molecule has 5 nitrogen and oxygen atoms in total. The average molecular weight is 440 g/mol. The first-order valence-electron chi connectivity index (χ1n) is 10.1. The Labute approximate surface area is 185 Å². The Morgan fingerprint density at radius 1 is 1.06 bits per heavy atom. The van der Waals surface area contributed by atoms with Crippen LogP contribution >= 0.6 is 11.6 Å². The zero-order valence-electron chi connectivity index (χ0n) is 17.0. The first-order chi connectivity index (χ1) is 15.0. The smallest absolute Gasteiger partial charge is 0.321 e. The summed E-state index contributed by atoms with van der Waals surface area (Å²) in [6, 6.07) is 21.1. The summed E-state index contributed by atoms with van der Waals surface area (Å²) >= 11 is 6.13. The lowest BCUT2D eigenvalue weighted by atomic mass is 10.0. The van der Waals surface area contributed by atoms with E-state index in [-0.39, 0.29) is 23.9 Å². The van der Waals surface area contributed by atoms with E-state index in [0.29, 0.717) is 29.5 Å². The maximum Gasteiger partial charge on any atom is 0.321 e. The van der Waals surface area contributed by atoms with Gasteiger partial charge in [0.1, 0.15) is 17.3 Å². The number of amides is 2. The molecular weight excluding hydrogens is 417 g/mol. The third-order valence-corrected chi connectivity index (χ3v) is 5.50. The van der Waals surface area contributed by atoms with Gasteiger partial charge in [0.05, 0.1) is 0 Å². The molecule has 3 aromatic rings. The summed E-state index contributed by atoms with van der Waals surface area (Å²) in [5, 5.41) is 6.72. The molecule has 4 rings (SSSR count). The molecular formula is C24H23ClFN3O2. The summed E-state index contributed by atoms with van der Waals surface area (Å²) in [7, 11) is 0. The molecule has 1 heterocycles. The fourth-order valence-corrected chi connectivity index (χ4v) is 3.81. The number of carbonyl (C=O) groups excluding carboxylic acids is 1. The highest BCUT2D eigenvalue weighted by Gasteiger charge is 2.31. The summed E-state index contributed by atoms with van der Waals surface area (Å²) in [6.07, 6.45) is 0. The van der Waals surface area contributed by atoms with Crippen molar-refractivity contribution in [3.05, 3.63) is 89.2 Å². The van der Waals surface area contributed by atoms with E-state index in [9.17, 15) is 9.18 Å². The van der Waals surface area contributed by atoms with E-state index in [2.05, 4.69) is 10.6 Å². The molecule has 1 saturated heterocycles. The van der Waals surface area contributed by atoms with Crippen molar-refractivity contribution in [2.75, 3.05) is 18.4 Å². The molecule has 1 aliphatic heterocycles. The molecule has 0 spiro atoms. The van der Waals surface area contributed by atoms with Gasteiger partial charge in [-0.15, -0.1) is 0 Å². The van der Waals surface area contributed by atoms with Crippen LogP contribution < -0.4 is 15.4 Å². The highest BCUT2D eigenvalue weighted by Crippen LogP contribution is 2.26. The fourth-order valence-electron chi connectivity index (χ4n) is 3.48. The molecule has 0 aliphatic carbocycles. The van der Waals surface area contributed by atoms with E-state index in [1.807, 2.05) is 61.5 Å². The Kier molecular flexibility index (Phi) is 6.39. The summed E-state index contributed by atoms with van der Waals surface area (Å²) in [6.45, 7) is 3.15. The highest BCUT2D eigenvalue weighted by molar-refractivity contribution is 6.31. The Balaban J connectivity index is 1.24. The lowest BCUT2D eigenvalue weighted by Gasteiger charge is -2.41. The number of likely N-dealkylation sites (tertiary alicyclic amines) is 1. The average Bonchev–Trinajstić information content (AvgIpc) is 2.72. The Bertz CT molecular complexity index is 1040. The maximum atomic E-state index is 13.2. The van der Waals surface area contributed by atoms with E-state index >= 15 is 0 Å². The lowest BCUT2D eigenvalue weighted by Crippen LogP contribution is -2.61. The minimum atomic E-state index is -0.355. The molecule has 1 unspecified atom stereocenters. The van der Waals surface area contributed by atoms with Gasteiger partial charge in [0.15, 0.2) is 0 Å². The van der Waals surface area contributed by atoms with Crippen LogP contribution in [-0.2, 0) is 0 Å². The van der Waals surface area contributed by atoms with Crippen molar-refractivity contribution >= 4 is 23.3 Å². The number of hydrogen-bond acceptors (Lipinski definition) is 3. The van der Waals surface area contributed by atoms with Crippen molar-refractivity contribution in [3.8, 4) is 11.5 Å². The van der Waals surface area contributed by atoms with Gasteiger partial charge in [-0.2, -0.15) is 0 Å². The Morgan fingerprint density at radius 3 is 2.42 bits per heavy atom. The highest BCUT2D eigenvalue weighted by atomic mass is 35.5. The van der Waals surface area contributed by atoms with Gasteiger partial charge in [-0.05, 0) is 61.0 Å². The molecule has 1 atom stereocenters. The maximum absolute atomic E-state index is 13.2. The van der Waals surface area contributed by atoms with Gasteiger partial charge in [0, 0.05) is 35.9 Å². The lowest BCUT2D eigenvalue weighted by molar-refractivity contribution is 0.143. The topological polar surface area (TPSA) is 53.6 Å². The van der Waals surface area contributed by atoms with Crippen LogP contribution in [0.1, 0.15) is 18.5 Å². The van der Waals surface area contributed by atoms with Crippen LogP contribution in [0.15, 0.2) is 72.8 Å². The second-order valence-corrected chi connectivity index (χ2v) is 7.93. The van der Waals surface area contributed by atoms with E-state index in [1.165, 1.54) is 12.1 Å². The van der Waals surface area contributed by atoms with Crippen LogP contribution in [0.2, 0.25) is 5.02 Å². The second kappa shape index (κ2) is 9.37. The molecule has 1 fully saturated rings. The fraction of sp³-hybridized carbons (Fsp3) is 0.208. The summed E-state index contributed by atoms with van der Waals surface area (Å²) in [5.74, 6) is 1.10. The summed E-state index contributed by atoms with van der Waals surface area (Å²) < 4.78 is 19.0. The first-order valence-corrected chi connectivity index (χ1v) is 10.5. The number of halogens is 2. The zero-order chi connectivity index (χ0) is 21.8. The molecule has 7 heteroatoms.